The molecule has 2 atom stereocenters. The van der Waals surface area contributed by atoms with Gasteiger partial charge >= 0.3 is 0 Å². The van der Waals surface area contributed by atoms with Crippen molar-refractivity contribution < 1.29 is 4.74 Å². The maximum atomic E-state index is 7.75. The number of ether oxygens (including phenoxy) is 1. The first kappa shape index (κ1) is 10.8. The third kappa shape index (κ3) is 1.51. The van der Waals surface area contributed by atoms with E-state index in [-0.39, 0.29) is 5.41 Å². The number of fused-ring (bicyclic) bond motifs is 1. The number of allylic oxidation sites excluding steroid dienone is 1. The maximum absolute atomic E-state index is 7.75. The Morgan fingerprint density at radius 3 is 2.88 bits per heavy atom. The first-order valence-corrected chi connectivity index (χ1v) is 6.25. The quantitative estimate of drug-likeness (QED) is 0.426. The summed E-state index contributed by atoms with van der Waals surface area (Å²) in [5, 5.41) is 7.75. The molecule has 1 aliphatic heterocycles. The number of hydrogen-bond donors (Lipinski definition) is 2. The molecule has 3 rings (SSSR count). The van der Waals surface area contributed by atoms with E-state index in [1.807, 2.05) is 0 Å². The summed E-state index contributed by atoms with van der Waals surface area (Å²) in [4.78, 5) is 2.41. The second kappa shape index (κ2) is 3.60. The van der Waals surface area contributed by atoms with Gasteiger partial charge in [0.25, 0.3) is 0 Å². The van der Waals surface area contributed by atoms with E-state index in [9.17, 15) is 0 Å². The van der Waals surface area contributed by atoms with Gasteiger partial charge in [-0.3, -0.25) is 5.41 Å². The fourth-order valence-corrected chi connectivity index (χ4v) is 3.02. The monoisotopic (exact) mass is 233 g/mol. The molecule has 0 aromatic rings. The number of nitrogens with one attached hydrogen (secondary N) is 1. The van der Waals surface area contributed by atoms with Crippen LogP contribution in [0.1, 0.15) is 13.3 Å². The average Bonchev–Trinajstić information content (AvgIpc) is 3.06. The van der Waals surface area contributed by atoms with Crippen LogP contribution in [0.3, 0.4) is 0 Å². The lowest BCUT2D eigenvalue weighted by Crippen LogP contribution is -2.38. The van der Waals surface area contributed by atoms with Gasteiger partial charge in [-0.1, -0.05) is 19.1 Å². The predicted octanol–water partition coefficient (Wildman–Crippen LogP) is 1.10. The van der Waals surface area contributed by atoms with Gasteiger partial charge in [-0.25, -0.2) is 0 Å². The highest BCUT2D eigenvalue weighted by Gasteiger charge is 2.54. The number of amidine groups is 1. The third-order valence-corrected chi connectivity index (χ3v) is 4.11. The Bertz CT molecular complexity index is 420. The maximum Gasteiger partial charge on any atom is 0.105 e. The highest BCUT2D eigenvalue weighted by Crippen LogP contribution is 2.58. The van der Waals surface area contributed by atoms with E-state index < -0.39 is 0 Å². The molecule has 0 radical (unpaired) electrons. The Morgan fingerprint density at radius 2 is 2.24 bits per heavy atom. The van der Waals surface area contributed by atoms with Crippen molar-refractivity contribution in [1.82, 2.24) is 4.90 Å². The Kier molecular flexibility index (Phi) is 2.30. The number of morpholine rings is 1. The normalized spacial score (nSPS) is 35.8. The van der Waals surface area contributed by atoms with E-state index >= 15 is 0 Å². The molecule has 4 nitrogen and oxygen atoms in total. The molecule has 0 aromatic carbocycles. The molecule has 17 heavy (non-hydrogen) atoms. The summed E-state index contributed by atoms with van der Waals surface area (Å²) in [5.74, 6) is 0.736. The van der Waals surface area contributed by atoms with Crippen LogP contribution in [0, 0.1) is 16.7 Å². The van der Waals surface area contributed by atoms with Gasteiger partial charge in [0.15, 0.2) is 0 Å². The summed E-state index contributed by atoms with van der Waals surface area (Å²) in [7, 11) is 0. The van der Waals surface area contributed by atoms with E-state index in [4.69, 9.17) is 15.9 Å². The first-order chi connectivity index (χ1) is 8.15. The minimum atomic E-state index is -0.222. The lowest BCUT2D eigenvalue weighted by atomic mass is 9.91. The third-order valence-electron chi connectivity index (χ3n) is 4.11. The van der Waals surface area contributed by atoms with Crippen molar-refractivity contribution in [3.05, 3.63) is 23.4 Å². The minimum Gasteiger partial charge on any atom is -0.387 e. The molecule has 3 N–H and O–H groups in total. The second-order valence-corrected chi connectivity index (χ2v) is 5.17. The van der Waals surface area contributed by atoms with Crippen LogP contribution in [0.15, 0.2) is 23.4 Å². The van der Waals surface area contributed by atoms with Gasteiger partial charge in [0.05, 0.1) is 18.6 Å². The van der Waals surface area contributed by atoms with Gasteiger partial charge in [0.1, 0.15) is 5.84 Å². The standard InChI is InChI=1S/C13H19N3O/c1-9-2-3-13(12(14)15)8-10(13)11(9)16-4-6-17-7-5-16/h2-3,9H,4-8H2,1H3,(H3,14,15). The molecular weight excluding hydrogens is 214 g/mol. The second-order valence-electron chi connectivity index (χ2n) is 5.17. The number of nitrogens with zero attached hydrogens (tertiary/aromatic N) is 1. The molecule has 2 unspecified atom stereocenters. The molecular formula is C13H19N3O. The van der Waals surface area contributed by atoms with Gasteiger partial charge in [0, 0.05) is 24.7 Å². The molecule has 92 valence electrons. The minimum absolute atomic E-state index is 0.222. The van der Waals surface area contributed by atoms with Gasteiger partial charge < -0.3 is 15.4 Å². The lowest BCUT2D eigenvalue weighted by Gasteiger charge is -2.35. The Hall–Kier alpha value is -1.29. The molecule has 1 saturated heterocycles. The van der Waals surface area contributed by atoms with Crippen LogP contribution in [0.2, 0.25) is 0 Å². The SMILES string of the molecule is CC1C=CC2(C(=N)N)CC2=C1N1CCOCC1. The van der Waals surface area contributed by atoms with Crippen molar-refractivity contribution in [3.8, 4) is 0 Å². The summed E-state index contributed by atoms with van der Waals surface area (Å²) in [6, 6.07) is 0. The zero-order valence-corrected chi connectivity index (χ0v) is 10.2. The van der Waals surface area contributed by atoms with E-state index in [1.54, 1.807) is 0 Å². The van der Waals surface area contributed by atoms with Crippen molar-refractivity contribution in [1.29, 1.82) is 5.41 Å². The first-order valence-electron chi connectivity index (χ1n) is 6.25. The number of hydrogen-bond acceptors (Lipinski definition) is 3. The molecule has 0 spiro atoms. The van der Waals surface area contributed by atoms with Crippen LogP contribution in [-0.2, 0) is 4.74 Å². The summed E-state index contributed by atoms with van der Waals surface area (Å²) >= 11 is 0. The Balaban J connectivity index is 1.92. The molecule has 2 aliphatic carbocycles. The molecule has 1 heterocycles. The summed E-state index contributed by atoms with van der Waals surface area (Å²) in [5.41, 5.74) is 8.27. The molecule has 1 saturated carbocycles. The van der Waals surface area contributed by atoms with Crippen molar-refractivity contribution in [2.75, 3.05) is 26.3 Å². The van der Waals surface area contributed by atoms with Crippen LogP contribution in [0.5, 0.6) is 0 Å². The zero-order chi connectivity index (χ0) is 12.0. The highest BCUT2D eigenvalue weighted by atomic mass is 16.5. The van der Waals surface area contributed by atoms with Gasteiger partial charge in [-0.05, 0) is 12.0 Å². The van der Waals surface area contributed by atoms with Gasteiger partial charge in [0.2, 0.25) is 0 Å². The number of rotatable bonds is 2. The van der Waals surface area contributed by atoms with Crippen LogP contribution in [-0.4, -0.2) is 37.0 Å². The molecule has 0 bridgehead atoms. The van der Waals surface area contributed by atoms with E-state index in [0.29, 0.717) is 11.8 Å². The van der Waals surface area contributed by atoms with Crippen molar-refractivity contribution >= 4 is 5.84 Å². The molecule has 0 aromatic heterocycles. The van der Waals surface area contributed by atoms with Gasteiger partial charge in [-0.15, -0.1) is 0 Å². The average molecular weight is 233 g/mol. The molecule has 4 heteroatoms. The van der Waals surface area contributed by atoms with Crippen LogP contribution < -0.4 is 5.73 Å². The zero-order valence-electron chi connectivity index (χ0n) is 10.2. The van der Waals surface area contributed by atoms with E-state index in [0.717, 1.165) is 32.7 Å². The van der Waals surface area contributed by atoms with Crippen LogP contribution in [0.4, 0.5) is 0 Å². The van der Waals surface area contributed by atoms with Crippen molar-refractivity contribution in [2.45, 2.75) is 13.3 Å². The van der Waals surface area contributed by atoms with Crippen molar-refractivity contribution in [2.24, 2.45) is 17.1 Å². The Labute approximate surface area is 102 Å². The van der Waals surface area contributed by atoms with Gasteiger partial charge in [-0.2, -0.15) is 0 Å². The Morgan fingerprint density at radius 1 is 1.53 bits per heavy atom. The molecule has 2 fully saturated rings. The summed E-state index contributed by atoms with van der Waals surface area (Å²) in [6.45, 7) is 5.76. The van der Waals surface area contributed by atoms with Crippen molar-refractivity contribution in [3.63, 3.8) is 0 Å². The molecule has 0 amide bonds. The fourth-order valence-electron chi connectivity index (χ4n) is 3.02. The van der Waals surface area contributed by atoms with E-state index in [1.165, 1.54) is 11.3 Å². The summed E-state index contributed by atoms with van der Waals surface area (Å²) < 4.78 is 5.40. The van der Waals surface area contributed by atoms with Crippen LogP contribution >= 0.6 is 0 Å². The fraction of sp³-hybridized carbons (Fsp3) is 0.615. The summed E-state index contributed by atoms with van der Waals surface area (Å²) in [6.07, 6.45) is 5.26. The number of nitrogens with two attached hydrogens (primary N) is 1. The highest BCUT2D eigenvalue weighted by molar-refractivity contribution is 5.95. The lowest BCUT2D eigenvalue weighted by molar-refractivity contribution is 0.0499. The smallest absolute Gasteiger partial charge is 0.105 e. The van der Waals surface area contributed by atoms with Crippen LogP contribution in [0.25, 0.3) is 0 Å². The topological polar surface area (TPSA) is 62.3 Å². The molecule has 3 aliphatic rings. The predicted molar refractivity (Wildman–Crippen MR) is 66.7 cm³/mol. The largest absolute Gasteiger partial charge is 0.387 e. The van der Waals surface area contributed by atoms with E-state index in [2.05, 4.69) is 24.0 Å².